The van der Waals surface area contributed by atoms with E-state index in [1.165, 1.54) is 31.4 Å². The van der Waals surface area contributed by atoms with Gasteiger partial charge in [0.2, 0.25) is 5.91 Å². The van der Waals surface area contributed by atoms with Gasteiger partial charge in [-0.15, -0.1) is 12.4 Å². The average molecular weight is 585 g/mol. The number of likely N-dealkylation sites (tertiary alicyclic amines) is 1. The zero-order valence-corrected chi connectivity index (χ0v) is 22.6. The number of hydrogen-bond acceptors (Lipinski definition) is 3. The van der Waals surface area contributed by atoms with Crippen molar-refractivity contribution in [2.24, 2.45) is 0 Å². The number of nitrogens with one attached hydrogen (secondary N) is 1. The first-order valence-electron chi connectivity index (χ1n) is 12.3. The summed E-state index contributed by atoms with van der Waals surface area (Å²) in [7, 11) is 1.49. The number of halogens is 8. The van der Waals surface area contributed by atoms with E-state index >= 15 is 0 Å². The van der Waals surface area contributed by atoms with Crippen LogP contribution in [0.5, 0.6) is 0 Å². The van der Waals surface area contributed by atoms with Crippen molar-refractivity contribution in [1.29, 1.82) is 0 Å². The van der Waals surface area contributed by atoms with Crippen molar-refractivity contribution in [2.45, 2.75) is 63.0 Å². The van der Waals surface area contributed by atoms with Gasteiger partial charge in [-0.1, -0.05) is 19.1 Å². The van der Waals surface area contributed by atoms with Crippen LogP contribution < -0.4 is 5.32 Å². The molecule has 3 atom stereocenters. The molecule has 3 rings (SSSR count). The number of ether oxygens (including phenoxy) is 1. The maximum Gasteiger partial charge on any atom is 0.416 e. The maximum atomic E-state index is 13.8. The van der Waals surface area contributed by atoms with Crippen LogP contribution in [0.2, 0.25) is 0 Å². The van der Waals surface area contributed by atoms with Crippen LogP contribution in [-0.4, -0.2) is 49.2 Å². The second kappa shape index (κ2) is 12.9. The predicted octanol–water partition coefficient (Wildman–Crippen LogP) is 6.62. The quantitative estimate of drug-likeness (QED) is 0.355. The third-order valence-corrected chi connectivity index (χ3v) is 7.18. The van der Waals surface area contributed by atoms with Gasteiger partial charge >= 0.3 is 12.4 Å². The monoisotopic (exact) mass is 584 g/mol. The van der Waals surface area contributed by atoms with Gasteiger partial charge in [-0.3, -0.25) is 9.69 Å². The largest absolute Gasteiger partial charge is 0.416 e. The number of benzene rings is 2. The van der Waals surface area contributed by atoms with E-state index in [1.807, 2.05) is 4.90 Å². The highest BCUT2D eigenvalue weighted by Crippen LogP contribution is 2.45. The fourth-order valence-electron chi connectivity index (χ4n) is 5.40. The molecule has 1 saturated heterocycles. The van der Waals surface area contributed by atoms with Crippen molar-refractivity contribution in [2.75, 3.05) is 26.8 Å². The first kappa shape index (κ1) is 32.8. The molecule has 0 radical (unpaired) electrons. The molecule has 0 bridgehead atoms. The van der Waals surface area contributed by atoms with Crippen molar-refractivity contribution in [3.8, 4) is 0 Å². The van der Waals surface area contributed by atoms with E-state index in [0.29, 0.717) is 25.1 Å². The van der Waals surface area contributed by atoms with E-state index in [4.69, 9.17) is 4.74 Å². The highest BCUT2D eigenvalue weighted by molar-refractivity contribution is 5.85. The number of rotatable bonds is 8. The van der Waals surface area contributed by atoms with Crippen LogP contribution in [0.4, 0.5) is 30.7 Å². The lowest BCUT2D eigenvalue weighted by Crippen LogP contribution is -2.63. The Kier molecular flexibility index (Phi) is 10.8. The van der Waals surface area contributed by atoms with Gasteiger partial charge in [-0.25, -0.2) is 4.39 Å². The Morgan fingerprint density at radius 3 is 2.10 bits per heavy atom. The number of methoxy groups -OCH3 is 1. The lowest BCUT2D eigenvalue weighted by atomic mass is 9.68. The topological polar surface area (TPSA) is 41.6 Å². The number of hydrogen-bond donors (Lipinski definition) is 1. The van der Waals surface area contributed by atoms with Gasteiger partial charge in [0.25, 0.3) is 0 Å². The summed E-state index contributed by atoms with van der Waals surface area (Å²) in [6.45, 7) is 4.47. The van der Waals surface area contributed by atoms with Gasteiger partial charge in [0.15, 0.2) is 0 Å². The standard InChI is InChI=1S/C27H31F7N2O2.ClH/c1-4-23(37)35-22-9-10-36(11-12-38-3)25(2,24(22)18-5-7-21(28)8-6-18)16-17-13-19(26(29,30)31)15-20(14-17)27(32,33)34;/h5-8,13-15,22,24H,4,9-12,16H2,1-3H3,(H,35,37);1H. The van der Waals surface area contributed by atoms with Gasteiger partial charge in [-0.05, 0) is 61.2 Å². The molecule has 12 heteroatoms. The lowest BCUT2D eigenvalue weighted by molar-refractivity contribution is -0.143. The fourth-order valence-corrected chi connectivity index (χ4v) is 5.40. The molecule has 218 valence electrons. The van der Waals surface area contributed by atoms with Crippen molar-refractivity contribution in [1.82, 2.24) is 10.2 Å². The molecular weight excluding hydrogens is 553 g/mol. The molecule has 2 aromatic rings. The summed E-state index contributed by atoms with van der Waals surface area (Å²) in [4.78, 5) is 14.4. The van der Waals surface area contributed by atoms with Crippen LogP contribution in [0.3, 0.4) is 0 Å². The molecule has 2 aromatic carbocycles. The summed E-state index contributed by atoms with van der Waals surface area (Å²) < 4.78 is 101. The molecule has 4 nitrogen and oxygen atoms in total. The summed E-state index contributed by atoms with van der Waals surface area (Å²) in [5, 5.41) is 2.97. The van der Waals surface area contributed by atoms with Crippen LogP contribution in [0.15, 0.2) is 42.5 Å². The molecule has 39 heavy (non-hydrogen) atoms. The zero-order valence-electron chi connectivity index (χ0n) is 21.8. The van der Waals surface area contributed by atoms with Crippen molar-refractivity contribution >= 4 is 18.3 Å². The predicted molar refractivity (Wildman–Crippen MR) is 135 cm³/mol. The number of alkyl halides is 6. The van der Waals surface area contributed by atoms with Gasteiger partial charge in [-0.2, -0.15) is 26.3 Å². The van der Waals surface area contributed by atoms with E-state index in [0.717, 1.165) is 12.1 Å². The van der Waals surface area contributed by atoms with Gasteiger partial charge in [0.1, 0.15) is 5.82 Å². The molecular formula is C27H32ClF7N2O2. The molecule has 0 aliphatic carbocycles. The highest BCUT2D eigenvalue weighted by Gasteiger charge is 2.48. The molecule has 1 heterocycles. The number of amides is 1. The maximum absolute atomic E-state index is 13.8. The third kappa shape index (κ3) is 7.85. The highest BCUT2D eigenvalue weighted by atomic mass is 35.5. The number of carbonyl (C=O) groups excluding carboxylic acids is 1. The minimum Gasteiger partial charge on any atom is -0.383 e. The molecule has 0 saturated carbocycles. The summed E-state index contributed by atoms with van der Waals surface area (Å²) in [5.41, 5.74) is -3.38. The Morgan fingerprint density at radius 2 is 1.62 bits per heavy atom. The van der Waals surface area contributed by atoms with Gasteiger partial charge in [0.05, 0.1) is 17.7 Å². The summed E-state index contributed by atoms with van der Waals surface area (Å²) in [6.07, 6.45) is -9.48. The van der Waals surface area contributed by atoms with Crippen molar-refractivity contribution in [3.05, 3.63) is 70.5 Å². The fraction of sp³-hybridized carbons (Fsp3) is 0.519. The molecule has 0 aromatic heterocycles. The van der Waals surface area contributed by atoms with Crippen molar-refractivity contribution < 1.29 is 40.3 Å². The van der Waals surface area contributed by atoms with Gasteiger partial charge < -0.3 is 10.1 Å². The van der Waals surface area contributed by atoms with E-state index < -0.39 is 46.8 Å². The second-order valence-electron chi connectivity index (χ2n) is 9.77. The van der Waals surface area contributed by atoms with Crippen molar-refractivity contribution in [3.63, 3.8) is 0 Å². The third-order valence-electron chi connectivity index (χ3n) is 7.18. The zero-order chi connectivity index (χ0) is 28.3. The summed E-state index contributed by atoms with van der Waals surface area (Å²) in [5.74, 6) is -1.31. The van der Waals surface area contributed by atoms with Crippen LogP contribution in [0, 0.1) is 5.82 Å². The number of carbonyl (C=O) groups is 1. The Hall–Kier alpha value is -2.37. The number of nitrogens with zero attached hydrogens (tertiary/aromatic N) is 1. The molecule has 1 fully saturated rings. The summed E-state index contributed by atoms with van der Waals surface area (Å²) >= 11 is 0. The minimum atomic E-state index is -4.98. The molecule has 1 amide bonds. The average Bonchev–Trinajstić information content (AvgIpc) is 2.83. The summed E-state index contributed by atoms with van der Waals surface area (Å²) in [6, 6.07) is 6.67. The number of piperidine rings is 1. The Bertz CT molecular complexity index is 1080. The molecule has 1 N–H and O–H groups in total. The van der Waals surface area contributed by atoms with E-state index in [2.05, 4.69) is 5.32 Å². The van der Waals surface area contributed by atoms with Gasteiger partial charge in [0, 0.05) is 44.1 Å². The Morgan fingerprint density at radius 1 is 1.05 bits per heavy atom. The normalized spacial score (nSPS) is 22.3. The Labute approximate surface area is 229 Å². The van der Waals surface area contributed by atoms with Crippen LogP contribution >= 0.6 is 12.4 Å². The van der Waals surface area contributed by atoms with E-state index in [-0.39, 0.29) is 49.4 Å². The first-order valence-corrected chi connectivity index (χ1v) is 12.3. The molecule has 0 spiro atoms. The first-order chi connectivity index (χ1) is 17.7. The molecule has 1 aliphatic heterocycles. The smallest absolute Gasteiger partial charge is 0.383 e. The van der Waals surface area contributed by atoms with E-state index in [9.17, 15) is 35.5 Å². The van der Waals surface area contributed by atoms with Crippen LogP contribution in [0.25, 0.3) is 0 Å². The lowest BCUT2D eigenvalue weighted by Gasteiger charge is -2.54. The van der Waals surface area contributed by atoms with Crippen LogP contribution in [0.1, 0.15) is 54.9 Å². The molecule has 1 aliphatic rings. The SMILES string of the molecule is CCC(=O)NC1CCN(CCOC)C(C)(Cc2cc(C(F)(F)F)cc(C(F)(F)F)c2)C1c1ccc(F)cc1.Cl. The van der Waals surface area contributed by atoms with E-state index in [1.54, 1.807) is 13.8 Å². The minimum absolute atomic E-state index is 0. The second-order valence-corrected chi connectivity index (χ2v) is 9.77. The van der Waals surface area contributed by atoms with Crippen LogP contribution in [-0.2, 0) is 28.3 Å². The Balaban J connectivity index is 0.00000533. The molecule has 3 unspecified atom stereocenters.